The third-order valence-electron chi connectivity index (χ3n) is 4.55. The fourth-order valence-electron chi connectivity index (χ4n) is 3.32. The highest BCUT2D eigenvalue weighted by atomic mass is 16.5. The molecule has 0 saturated heterocycles. The van der Waals surface area contributed by atoms with Gasteiger partial charge >= 0.3 is 0 Å². The first-order chi connectivity index (χ1) is 9.19. The number of carbonyl (C=O) groups excluding carboxylic acids is 1. The summed E-state index contributed by atoms with van der Waals surface area (Å²) in [5.41, 5.74) is 0. The number of carbonyl (C=O) groups is 1. The Balaban J connectivity index is 1.57. The number of ether oxygens (including phenoxy) is 1. The summed E-state index contributed by atoms with van der Waals surface area (Å²) in [7, 11) is 2.06. The monoisotopic (exact) mass is 260 g/mol. The molecule has 0 aromatic rings. The summed E-state index contributed by atoms with van der Waals surface area (Å²) in [4.78, 5) is 13.9. The molecule has 3 atom stereocenters. The van der Waals surface area contributed by atoms with Crippen LogP contribution in [0.2, 0.25) is 0 Å². The number of ketones is 1. The predicted molar refractivity (Wildman–Crippen MR) is 69.5 cm³/mol. The average Bonchev–Trinajstić information content (AvgIpc) is 2.99. The van der Waals surface area contributed by atoms with Gasteiger partial charge in [-0.1, -0.05) is 0 Å². The SMILES string of the molecule is CN1C=C(C2CC2)OC1C1CCC(C(=O)CC#N)C1. The van der Waals surface area contributed by atoms with Crippen molar-refractivity contribution in [1.29, 1.82) is 5.26 Å². The lowest BCUT2D eigenvalue weighted by Crippen LogP contribution is -2.31. The van der Waals surface area contributed by atoms with Crippen molar-refractivity contribution in [3.8, 4) is 6.07 Å². The van der Waals surface area contributed by atoms with Crippen LogP contribution in [0.4, 0.5) is 0 Å². The molecule has 2 saturated carbocycles. The molecule has 0 bridgehead atoms. The van der Waals surface area contributed by atoms with Crippen molar-refractivity contribution in [2.24, 2.45) is 17.8 Å². The first-order valence-corrected chi connectivity index (χ1v) is 7.19. The molecule has 0 amide bonds. The van der Waals surface area contributed by atoms with E-state index in [4.69, 9.17) is 10.00 Å². The van der Waals surface area contributed by atoms with Crippen molar-refractivity contribution < 1.29 is 9.53 Å². The van der Waals surface area contributed by atoms with Gasteiger partial charge in [-0.05, 0) is 32.1 Å². The molecule has 4 nitrogen and oxygen atoms in total. The van der Waals surface area contributed by atoms with Crippen molar-refractivity contribution in [1.82, 2.24) is 4.90 Å². The molecule has 3 rings (SSSR count). The smallest absolute Gasteiger partial charge is 0.174 e. The molecule has 0 aromatic carbocycles. The number of nitriles is 1. The van der Waals surface area contributed by atoms with E-state index in [1.165, 1.54) is 12.8 Å². The van der Waals surface area contributed by atoms with Crippen molar-refractivity contribution in [2.45, 2.75) is 44.8 Å². The molecule has 0 radical (unpaired) electrons. The molecular weight excluding hydrogens is 240 g/mol. The Bertz CT molecular complexity index is 448. The van der Waals surface area contributed by atoms with Crippen LogP contribution in [-0.4, -0.2) is 24.0 Å². The van der Waals surface area contributed by atoms with E-state index >= 15 is 0 Å². The first-order valence-electron chi connectivity index (χ1n) is 7.19. The second-order valence-electron chi connectivity index (χ2n) is 6.05. The van der Waals surface area contributed by atoms with E-state index in [1.807, 2.05) is 6.07 Å². The average molecular weight is 260 g/mol. The van der Waals surface area contributed by atoms with Crippen LogP contribution < -0.4 is 0 Å². The number of rotatable bonds is 4. The minimum atomic E-state index is 0.0598. The van der Waals surface area contributed by atoms with Crippen LogP contribution in [0.15, 0.2) is 12.0 Å². The van der Waals surface area contributed by atoms with Gasteiger partial charge < -0.3 is 9.64 Å². The van der Waals surface area contributed by atoms with Gasteiger partial charge in [0.15, 0.2) is 6.23 Å². The molecule has 4 heteroatoms. The van der Waals surface area contributed by atoms with E-state index in [1.54, 1.807) is 0 Å². The van der Waals surface area contributed by atoms with Gasteiger partial charge in [0, 0.05) is 31.0 Å². The van der Waals surface area contributed by atoms with Crippen LogP contribution in [0, 0.1) is 29.1 Å². The van der Waals surface area contributed by atoms with Crippen molar-refractivity contribution in [2.75, 3.05) is 7.05 Å². The fraction of sp³-hybridized carbons (Fsp3) is 0.733. The minimum Gasteiger partial charge on any atom is -0.473 e. The number of hydrogen-bond acceptors (Lipinski definition) is 4. The van der Waals surface area contributed by atoms with E-state index in [2.05, 4.69) is 18.1 Å². The van der Waals surface area contributed by atoms with Gasteiger partial charge in [-0.15, -0.1) is 0 Å². The van der Waals surface area contributed by atoms with E-state index < -0.39 is 0 Å². The van der Waals surface area contributed by atoms with Crippen molar-refractivity contribution >= 4 is 5.78 Å². The minimum absolute atomic E-state index is 0.0598. The van der Waals surface area contributed by atoms with Gasteiger partial charge in [-0.2, -0.15) is 5.26 Å². The van der Waals surface area contributed by atoms with Crippen molar-refractivity contribution in [3.63, 3.8) is 0 Å². The fourth-order valence-corrected chi connectivity index (χ4v) is 3.32. The van der Waals surface area contributed by atoms with Crippen LogP contribution in [0.1, 0.15) is 38.5 Å². The van der Waals surface area contributed by atoms with Crippen LogP contribution in [0.25, 0.3) is 0 Å². The maximum Gasteiger partial charge on any atom is 0.174 e. The topological polar surface area (TPSA) is 53.3 Å². The second-order valence-corrected chi connectivity index (χ2v) is 6.05. The van der Waals surface area contributed by atoms with E-state index in [0.29, 0.717) is 11.8 Å². The maximum absolute atomic E-state index is 11.8. The maximum atomic E-state index is 11.8. The largest absolute Gasteiger partial charge is 0.473 e. The Morgan fingerprint density at radius 2 is 2.26 bits per heavy atom. The highest BCUT2D eigenvalue weighted by Crippen LogP contribution is 2.44. The normalized spacial score (nSPS) is 33.8. The van der Waals surface area contributed by atoms with Gasteiger partial charge in [0.05, 0.1) is 12.5 Å². The highest BCUT2D eigenvalue weighted by molar-refractivity contribution is 5.83. The number of hydrogen-bond donors (Lipinski definition) is 0. The lowest BCUT2D eigenvalue weighted by molar-refractivity contribution is -0.121. The molecule has 3 unspecified atom stereocenters. The van der Waals surface area contributed by atoms with Crippen LogP contribution in [0.3, 0.4) is 0 Å². The molecular formula is C15H20N2O2. The molecule has 102 valence electrons. The quantitative estimate of drug-likeness (QED) is 0.779. The summed E-state index contributed by atoms with van der Waals surface area (Å²) in [5.74, 6) is 2.39. The molecule has 1 heterocycles. The third-order valence-corrected chi connectivity index (χ3v) is 4.55. The number of nitrogens with zero attached hydrogens (tertiary/aromatic N) is 2. The summed E-state index contributed by atoms with van der Waals surface area (Å²) in [5, 5.41) is 8.61. The summed E-state index contributed by atoms with van der Waals surface area (Å²) in [6.07, 6.45) is 7.62. The van der Waals surface area contributed by atoms with Gasteiger partial charge in [0.25, 0.3) is 0 Å². The zero-order chi connectivity index (χ0) is 13.4. The van der Waals surface area contributed by atoms with Gasteiger partial charge in [-0.25, -0.2) is 0 Å². The lowest BCUT2D eigenvalue weighted by atomic mass is 9.98. The second kappa shape index (κ2) is 4.88. The molecule has 2 aliphatic carbocycles. The Labute approximate surface area is 114 Å². The summed E-state index contributed by atoms with van der Waals surface area (Å²) >= 11 is 0. The van der Waals surface area contributed by atoms with Crippen LogP contribution in [0.5, 0.6) is 0 Å². The molecule has 1 aliphatic heterocycles. The standard InChI is InChI=1S/C15H20N2O2/c1-17-9-14(10-2-3-10)19-15(17)12-5-4-11(8-12)13(18)6-7-16/h9-12,15H,2-6,8H2,1H3. The molecule has 2 fully saturated rings. The first kappa shape index (κ1) is 12.5. The Morgan fingerprint density at radius 3 is 2.95 bits per heavy atom. The van der Waals surface area contributed by atoms with Crippen LogP contribution in [-0.2, 0) is 9.53 Å². The Hall–Kier alpha value is -1.50. The summed E-state index contributed by atoms with van der Waals surface area (Å²) in [6.45, 7) is 0. The molecule has 0 N–H and O–H groups in total. The zero-order valence-electron chi connectivity index (χ0n) is 11.3. The Kier molecular flexibility index (Phi) is 3.22. The molecule has 3 aliphatic rings. The van der Waals surface area contributed by atoms with Crippen LogP contribution >= 0.6 is 0 Å². The number of Topliss-reactive ketones (excluding diaryl/α,β-unsaturated/α-hetero) is 1. The van der Waals surface area contributed by atoms with Gasteiger partial charge in [-0.3, -0.25) is 4.79 Å². The van der Waals surface area contributed by atoms with Gasteiger partial charge in [0.1, 0.15) is 11.5 Å². The summed E-state index contributed by atoms with van der Waals surface area (Å²) < 4.78 is 6.08. The molecule has 19 heavy (non-hydrogen) atoms. The van der Waals surface area contributed by atoms with E-state index in [0.717, 1.165) is 25.0 Å². The van der Waals surface area contributed by atoms with E-state index in [9.17, 15) is 4.79 Å². The zero-order valence-corrected chi connectivity index (χ0v) is 11.3. The number of allylic oxidation sites excluding steroid dienone is 1. The van der Waals surface area contributed by atoms with Crippen molar-refractivity contribution in [3.05, 3.63) is 12.0 Å². The summed E-state index contributed by atoms with van der Waals surface area (Å²) in [6, 6.07) is 1.97. The van der Waals surface area contributed by atoms with Gasteiger partial charge in [0.2, 0.25) is 0 Å². The predicted octanol–water partition coefficient (Wildman–Crippen LogP) is 2.42. The lowest BCUT2D eigenvalue weighted by Gasteiger charge is -2.26. The molecule has 0 aromatic heterocycles. The Morgan fingerprint density at radius 1 is 1.47 bits per heavy atom. The third kappa shape index (κ3) is 2.47. The molecule has 0 spiro atoms. The highest BCUT2D eigenvalue weighted by Gasteiger charge is 2.41. The van der Waals surface area contributed by atoms with E-state index in [-0.39, 0.29) is 24.3 Å².